The van der Waals surface area contributed by atoms with E-state index >= 15 is 0 Å². The fourth-order valence-electron chi connectivity index (χ4n) is 1.04. The van der Waals surface area contributed by atoms with Gasteiger partial charge in [0.2, 0.25) is 0 Å². The summed E-state index contributed by atoms with van der Waals surface area (Å²) in [5.74, 6) is -1.73. The van der Waals surface area contributed by atoms with Gasteiger partial charge >= 0.3 is 11.9 Å². The molecule has 0 unspecified atom stereocenters. The van der Waals surface area contributed by atoms with Crippen LogP contribution in [-0.4, -0.2) is 49.1 Å². The highest BCUT2D eigenvalue weighted by Gasteiger charge is 2.35. The largest absolute Gasteiger partial charge is 0.464 e. The van der Waals surface area contributed by atoms with Crippen LogP contribution in [0.1, 0.15) is 13.8 Å². The van der Waals surface area contributed by atoms with E-state index in [1.54, 1.807) is 13.8 Å². The highest BCUT2D eigenvalue weighted by molar-refractivity contribution is 5.85. The minimum absolute atomic E-state index is 0.0138. The Balaban J connectivity index is 4.58. The summed E-state index contributed by atoms with van der Waals surface area (Å²) in [5.41, 5.74) is 0. The van der Waals surface area contributed by atoms with E-state index in [2.05, 4.69) is 16.1 Å². The van der Waals surface area contributed by atoms with Crippen LogP contribution in [0.4, 0.5) is 0 Å². The van der Waals surface area contributed by atoms with Crippen LogP contribution >= 0.6 is 0 Å². The molecule has 0 aliphatic rings. The van der Waals surface area contributed by atoms with Crippen LogP contribution in [-0.2, 0) is 23.8 Å². The normalized spacial score (nSPS) is 13.6. The molecule has 0 bridgehead atoms. The smallest absolute Gasteiger partial charge is 0.338 e. The Morgan fingerprint density at radius 3 is 2.24 bits per heavy atom. The Bertz CT molecular complexity index is 263. The quantitative estimate of drug-likeness (QED) is 0.481. The van der Waals surface area contributed by atoms with Gasteiger partial charge in [-0.25, -0.2) is 9.59 Å². The monoisotopic (exact) mass is 246 g/mol. The SMILES string of the molecule is C=CCO[C@@H](C(=O)OCC)[C@@H](O)C(=O)OCC. The summed E-state index contributed by atoms with van der Waals surface area (Å²) in [5, 5.41) is 9.60. The molecule has 17 heavy (non-hydrogen) atoms. The highest BCUT2D eigenvalue weighted by Crippen LogP contribution is 2.05. The summed E-state index contributed by atoms with van der Waals surface area (Å²) in [6.07, 6.45) is -1.70. The summed E-state index contributed by atoms with van der Waals surface area (Å²) in [4.78, 5) is 22.7. The molecule has 0 aliphatic carbocycles. The molecule has 6 heteroatoms. The van der Waals surface area contributed by atoms with Crippen molar-refractivity contribution in [1.82, 2.24) is 0 Å². The van der Waals surface area contributed by atoms with Crippen LogP contribution in [0, 0.1) is 0 Å². The molecule has 0 radical (unpaired) electrons. The van der Waals surface area contributed by atoms with E-state index in [1.165, 1.54) is 6.08 Å². The van der Waals surface area contributed by atoms with E-state index in [1.807, 2.05) is 0 Å². The number of aliphatic hydroxyl groups excluding tert-OH is 1. The fourth-order valence-corrected chi connectivity index (χ4v) is 1.04. The van der Waals surface area contributed by atoms with Crippen LogP contribution in [0.2, 0.25) is 0 Å². The van der Waals surface area contributed by atoms with Crippen molar-refractivity contribution >= 4 is 11.9 Å². The van der Waals surface area contributed by atoms with Crippen LogP contribution in [0.5, 0.6) is 0 Å². The van der Waals surface area contributed by atoms with Crippen LogP contribution < -0.4 is 0 Å². The van der Waals surface area contributed by atoms with Crippen molar-refractivity contribution in [3.8, 4) is 0 Å². The van der Waals surface area contributed by atoms with Crippen molar-refractivity contribution in [2.45, 2.75) is 26.1 Å². The summed E-state index contributed by atoms with van der Waals surface area (Å²) >= 11 is 0. The van der Waals surface area contributed by atoms with Gasteiger partial charge in [0, 0.05) is 0 Å². The van der Waals surface area contributed by atoms with E-state index in [9.17, 15) is 14.7 Å². The molecule has 1 N–H and O–H groups in total. The first-order valence-electron chi connectivity index (χ1n) is 5.32. The fraction of sp³-hybridized carbons (Fsp3) is 0.636. The van der Waals surface area contributed by atoms with Crippen molar-refractivity contribution in [2.24, 2.45) is 0 Å². The summed E-state index contributed by atoms with van der Waals surface area (Å²) < 4.78 is 14.3. The lowest BCUT2D eigenvalue weighted by atomic mass is 10.2. The molecule has 0 spiro atoms. The number of carbonyl (C=O) groups is 2. The lowest BCUT2D eigenvalue weighted by Crippen LogP contribution is -2.43. The Hall–Kier alpha value is -1.40. The number of hydrogen-bond acceptors (Lipinski definition) is 6. The Kier molecular flexibility index (Phi) is 8.00. The molecule has 0 aromatic carbocycles. The van der Waals surface area contributed by atoms with Gasteiger partial charge in [-0.05, 0) is 13.8 Å². The van der Waals surface area contributed by atoms with E-state index in [-0.39, 0.29) is 19.8 Å². The molecule has 0 fully saturated rings. The molecule has 0 aromatic rings. The van der Waals surface area contributed by atoms with Gasteiger partial charge in [-0.2, -0.15) is 0 Å². The van der Waals surface area contributed by atoms with Crippen molar-refractivity contribution in [2.75, 3.05) is 19.8 Å². The Labute approximate surface area is 100 Å². The number of aliphatic hydroxyl groups is 1. The molecule has 6 nitrogen and oxygen atoms in total. The number of hydrogen-bond donors (Lipinski definition) is 1. The molecule has 2 atom stereocenters. The third-order valence-electron chi connectivity index (χ3n) is 1.73. The molecule has 0 amide bonds. The Morgan fingerprint density at radius 2 is 1.76 bits per heavy atom. The van der Waals surface area contributed by atoms with E-state index in [0.29, 0.717) is 0 Å². The predicted molar refractivity (Wildman–Crippen MR) is 59.2 cm³/mol. The van der Waals surface area contributed by atoms with Crippen LogP contribution in [0.3, 0.4) is 0 Å². The van der Waals surface area contributed by atoms with Gasteiger partial charge < -0.3 is 19.3 Å². The molecular formula is C11H18O6. The first-order valence-corrected chi connectivity index (χ1v) is 5.32. The molecule has 0 aliphatic heterocycles. The second kappa shape index (κ2) is 8.72. The zero-order chi connectivity index (χ0) is 13.3. The third kappa shape index (κ3) is 5.46. The van der Waals surface area contributed by atoms with E-state index < -0.39 is 24.1 Å². The summed E-state index contributed by atoms with van der Waals surface area (Å²) in [6.45, 7) is 6.85. The first-order chi connectivity index (χ1) is 8.08. The van der Waals surface area contributed by atoms with Crippen LogP contribution in [0.15, 0.2) is 12.7 Å². The average Bonchev–Trinajstić information content (AvgIpc) is 2.30. The third-order valence-corrected chi connectivity index (χ3v) is 1.73. The van der Waals surface area contributed by atoms with Crippen LogP contribution in [0.25, 0.3) is 0 Å². The van der Waals surface area contributed by atoms with E-state index in [4.69, 9.17) is 4.74 Å². The number of ether oxygens (including phenoxy) is 3. The number of carbonyl (C=O) groups excluding carboxylic acids is 2. The molecule has 98 valence electrons. The molecule has 0 saturated carbocycles. The lowest BCUT2D eigenvalue weighted by molar-refractivity contribution is -0.176. The van der Waals surface area contributed by atoms with Gasteiger partial charge in [0.15, 0.2) is 12.2 Å². The van der Waals surface area contributed by atoms with Crippen molar-refractivity contribution in [3.63, 3.8) is 0 Å². The summed E-state index contributed by atoms with van der Waals surface area (Å²) in [7, 11) is 0. The maximum atomic E-state index is 11.4. The minimum atomic E-state index is -1.70. The first kappa shape index (κ1) is 15.6. The predicted octanol–water partition coefficient (Wildman–Crippen LogP) is 0.0447. The van der Waals surface area contributed by atoms with Gasteiger partial charge in [-0.3, -0.25) is 0 Å². The lowest BCUT2D eigenvalue weighted by Gasteiger charge is -2.19. The maximum Gasteiger partial charge on any atom is 0.338 e. The standard InChI is InChI=1S/C11H18O6/c1-4-7-17-9(11(14)16-6-3)8(12)10(13)15-5-2/h4,8-9,12H,1,5-7H2,2-3H3/t8-,9-/m1/s1. The second-order valence-electron chi connectivity index (χ2n) is 2.99. The van der Waals surface area contributed by atoms with Gasteiger partial charge in [-0.1, -0.05) is 6.08 Å². The molecule has 0 aromatic heterocycles. The molecule has 0 saturated heterocycles. The Morgan fingerprint density at radius 1 is 1.24 bits per heavy atom. The average molecular weight is 246 g/mol. The number of esters is 2. The van der Waals surface area contributed by atoms with Crippen molar-refractivity contribution in [3.05, 3.63) is 12.7 Å². The minimum Gasteiger partial charge on any atom is -0.464 e. The maximum absolute atomic E-state index is 11.4. The van der Waals surface area contributed by atoms with E-state index in [0.717, 1.165) is 0 Å². The molecule has 0 heterocycles. The second-order valence-corrected chi connectivity index (χ2v) is 2.99. The zero-order valence-electron chi connectivity index (χ0n) is 10.0. The highest BCUT2D eigenvalue weighted by atomic mass is 16.6. The zero-order valence-corrected chi connectivity index (χ0v) is 10.0. The molecule has 0 rings (SSSR count). The topological polar surface area (TPSA) is 82.1 Å². The summed E-state index contributed by atoms with van der Waals surface area (Å²) in [6, 6.07) is 0. The van der Waals surface area contributed by atoms with Gasteiger partial charge in [0.1, 0.15) is 0 Å². The molecular weight excluding hydrogens is 228 g/mol. The van der Waals surface area contributed by atoms with Crippen molar-refractivity contribution < 1.29 is 28.9 Å². The van der Waals surface area contributed by atoms with Gasteiger partial charge in [0.05, 0.1) is 19.8 Å². The van der Waals surface area contributed by atoms with Crippen molar-refractivity contribution in [1.29, 1.82) is 0 Å². The van der Waals surface area contributed by atoms with Gasteiger partial charge in [0.25, 0.3) is 0 Å². The van der Waals surface area contributed by atoms with Gasteiger partial charge in [-0.15, -0.1) is 6.58 Å². The number of rotatable bonds is 8.